The molecule has 0 saturated heterocycles. The molecule has 8 nitrogen and oxygen atoms in total. The van der Waals surface area contributed by atoms with Crippen LogP contribution in [0.3, 0.4) is 0 Å². The van der Waals surface area contributed by atoms with Crippen LogP contribution >= 0.6 is 0 Å². The summed E-state index contributed by atoms with van der Waals surface area (Å²) in [5.74, 6) is -1.89. The molecule has 1 aromatic carbocycles. The van der Waals surface area contributed by atoms with Crippen LogP contribution in [0.5, 0.6) is 0 Å². The van der Waals surface area contributed by atoms with Gasteiger partial charge in [-0.25, -0.2) is 0 Å². The minimum Gasteiger partial charge on any atom is -0.469 e. The summed E-state index contributed by atoms with van der Waals surface area (Å²) in [5, 5.41) is 15.0. The van der Waals surface area contributed by atoms with E-state index in [0.29, 0.717) is 17.0 Å². The van der Waals surface area contributed by atoms with Gasteiger partial charge in [-0.3, -0.25) is 19.7 Å². The molecule has 1 saturated carbocycles. The molecule has 1 aliphatic carbocycles. The molecular weight excluding hydrogens is 364 g/mol. The quantitative estimate of drug-likeness (QED) is 0.482. The van der Waals surface area contributed by atoms with Crippen molar-refractivity contribution in [3.05, 3.63) is 64.1 Å². The molecule has 4 atom stereocenters. The molecule has 28 heavy (non-hydrogen) atoms. The van der Waals surface area contributed by atoms with E-state index in [-0.39, 0.29) is 30.3 Å². The van der Waals surface area contributed by atoms with E-state index in [4.69, 9.17) is 9.15 Å². The van der Waals surface area contributed by atoms with Crippen LogP contribution in [0.4, 0.5) is 5.69 Å². The number of furan rings is 1. The molecule has 0 radical (unpaired) electrons. The smallest absolute Gasteiger partial charge is 0.306 e. The van der Waals surface area contributed by atoms with Gasteiger partial charge in [0.1, 0.15) is 11.7 Å². The largest absolute Gasteiger partial charge is 0.469 e. The number of para-hydroxylation sites is 1. The van der Waals surface area contributed by atoms with Crippen molar-refractivity contribution >= 4 is 17.6 Å². The minimum absolute atomic E-state index is 0.117. The Hall–Kier alpha value is -3.16. The van der Waals surface area contributed by atoms with E-state index in [1.807, 2.05) is 6.07 Å². The second-order valence-corrected chi connectivity index (χ2v) is 7.21. The number of hydrogen-bond acceptors (Lipinski definition) is 6. The number of hydrogen-bond donors (Lipinski definition) is 1. The number of ether oxygens (including phenoxy) is 1. The number of benzene rings is 1. The van der Waals surface area contributed by atoms with Crippen molar-refractivity contribution in [2.24, 2.45) is 5.92 Å². The van der Waals surface area contributed by atoms with Gasteiger partial charge in [-0.1, -0.05) is 18.2 Å². The first kappa shape index (κ1) is 18.2. The SMILES string of the molecule is CCOC(=O)C[C@@H]1C[C@]2(C(=O)Nc3ccccc32)[C@@H](c2ccco2)[C@@H]1[N+](=O)[O-]. The Kier molecular flexibility index (Phi) is 4.41. The van der Waals surface area contributed by atoms with Crippen LogP contribution in [0.2, 0.25) is 0 Å². The third-order valence-corrected chi connectivity index (χ3v) is 5.83. The molecule has 1 N–H and O–H groups in total. The lowest BCUT2D eigenvalue weighted by atomic mass is 9.71. The molecule has 2 aliphatic rings. The van der Waals surface area contributed by atoms with Gasteiger partial charge in [0, 0.05) is 16.5 Å². The van der Waals surface area contributed by atoms with Crippen LogP contribution in [0, 0.1) is 16.0 Å². The molecule has 1 aliphatic heterocycles. The number of esters is 1. The van der Waals surface area contributed by atoms with Gasteiger partial charge >= 0.3 is 5.97 Å². The van der Waals surface area contributed by atoms with Crippen LogP contribution in [-0.4, -0.2) is 29.4 Å². The molecule has 1 amide bonds. The van der Waals surface area contributed by atoms with Crippen LogP contribution in [0.15, 0.2) is 47.1 Å². The van der Waals surface area contributed by atoms with E-state index in [0.717, 1.165) is 0 Å². The third kappa shape index (κ3) is 2.59. The van der Waals surface area contributed by atoms with Gasteiger partial charge in [0.2, 0.25) is 11.9 Å². The Balaban J connectivity index is 1.86. The van der Waals surface area contributed by atoms with Crippen molar-refractivity contribution in [3.63, 3.8) is 0 Å². The van der Waals surface area contributed by atoms with E-state index in [2.05, 4.69) is 5.32 Å². The maximum Gasteiger partial charge on any atom is 0.306 e. The summed E-state index contributed by atoms with van der Waals surface area (Å²) in [5.41, 5.74) is 0.186. The van der Waals surface area contributed by atoms with E-state index in [9.17, 15) is 19.7 Å². The van der Waals surface area contributed by atoms with Crippen molar-refractivity contribution in [1.82, 2.24) is 0 Å². The number of amides is 1. The molecule has 1 aromatic heterocycles. The predicted molar refractivity (Wildman–Crippen MR) is 98.3 cm³/mol. The molecule has 0 bridgehead atoms. The normalized spacial score (nSPS) is 28.2. The number of nitrogens with zero attached hydrogens (tertiary/aromatic N) is 1. The summed E-state index contributed by atoms with van der Waals surface area (Å²) in [7, 11) is 0. The van der Waals surface area contributed by atoms with Crippen LogP contribution in [0.1, 0.15) is 37.0 Å². The van der Waals surface area contributed by atoms with Gasteiger partial charge in [-0.15, -0.1) is 0 Å². The lowest BCUT2D eigenvalue weighted by Gasteiger charge is -2.28. The Bertz CT molecular complexity index is 925. The number of rotatable bonds is 5. The maximum absolute atomic E-state index is 13.2. The number of carbonyl (C=O) groups is 2. The van der Waals surface area contributed by atoms with Crippen molar-refractivity contribution in [1.29, 1.82) is 0 Å². The lowest BCUT2D eigenvalue weighted by molar-refractivity contribution is -0.532. The van der Waals surface area contributed by atoms with Crippen molar-refractivity contribution in [2.75, 3.05) is 11.9 Å². The van der Waals surface area contributed by atoms with Gasteiger partial charge in [-0.2, -0.15) is 0 Å². The van der Waals surface area contributed by atoms with Crippen LogP contribution < -0.4 is 5.32 Å². The molecule has 1 fully saturated rings. The first-order valence-electron chi connectivity index (χ1n) is 9.22. The van der Waals surface area contributed by atoms with Crippen molar-refractivity contribution in [2.45, 2.75) is 37.1 Å². The Morgan fingerprint density at radius 2 is 2.14 bits per heavy atom. The van der Waals surface area contributed by atoms with E-state index < -0.39 is 29.3 Å². The van der Waals surface area contributed by atoms with E-state index in [1.54, 1.807) is 37.3 Å². The second-order valence-electron chi connectivity index (χ2n) is 7.21. The molecule has 0 unspecified atom stereocenters. The molecular formula is C20H20N2O6. The number of nitro groups is 1. The summed E-state index contributed by atoms with van der Waals surface area (Å²) in [4.78, 5) is 37.0. The monoisotopic (exact) mass is 384 g/mol. The summed E-state index contributed by atoms with van der Waals surface area (Å²) in [6.45, 7) is 1.89. The highest BCUT2D eigenvalue weighted by Crippen LogP contribution is 2.59. The number of anilines is 1. The van der Waals surface area contributed by atoms with E-state index >= 15 is 0 Å². The summed E-state index contributed by atoms with van der Waals surface area (Å²) >= 11 is 0. The second kappa shape index (κ2) is 6.78. The Labute approximate surface area is 161 Å². The number of fused-ring (bicyclic) bond motifs is 2. The van der Waals surface area contributed by atoms with Crippen LogP contribution in [-0.2, 0) is 19.7 Å². The average molecular weight is 384 g/mol. The molecule has 2 aromatic rings. The fourth-order valence-corrected chi connectivity index (χ4v) is 4.87. The highest BCUT2D eigenvalue weighted by Gasteiger charge is 2.67. The van der Waals surface area contributed by atoms with Crippen LogP contribution in [0.25, 0.3) is 0 Å². The van der Waals surface area contributed by atoms with Gasteiger partial charge < -0.3 is 14.5 Å². The average Bonchev–Trinajstić information content (AvgIpc) is 3.34. The molecule has 4 rings (SSSR count). The zero-order valence-electron chi connectivity index (χ0n) is 15.3. The summed E-state index contributed by atoms with van der Waals surface area (Å²) in [6, 6.07) is 9.36. The first-order valence-corrected chi connectivity index (χ1v) is 9.22. The highest BCUT2D eigenvalue weighted by atomic mass is 16.6. The van der Waals surface area contributed by atoms with Crippen molar-refractivity contribution in [3.8, 4) is 0 Å². The highest BCUT2D eigenvalue weighted by molar-refractivity contribution is 6.07. The van der Waals surface area contributed by atoms with Gasteiger partial charge in [0.25, 0.3) is 0 Å². The predicted octanol–water partition coefficient (Wildman–Crippen LogP) is 2.87. The van der Waals surface area contributed by atoms with Gasteiger partial charge in [0.15, 0.2) is 0 Å². The summed E-state index contributed by atoms with van der Waals surface area (Å²) in [6.07, 6.45) is 1.50. The zero-order chi connectivity index (χ0) is 19.9. The van der Waals surface area contributed by atoms with Gasteiger partial charge in [0.05, 0.1) is 24.7 Å². The zero-order valence-corrected chi connectivity index (χ0v) is 15.3. The minimum atomic E-state index is -1.16. The lowest BCUT2D eigenvalue weighted by Crippen LogP contribution is -2.41. The number of nitrogens with one attached hydrogen (secondary N) is 1. The number of carbonyl (C=O) groups excluding carboxylic acids is 2. The fraction of sp³-hybridized carbons (Fsp3) is 0.400. The molecule has 8 heteroatoms. The molecule has 146 valence electrons. The van der Waals surface area contributed by atoms with Gasteiger partial charge in [-0.05, 0) is 37.1 Å². The summed E-state index contributed by atoms with van der Waals surface area (Å²) < 4.78 is 10.6. The Morgan fingerprint density at radius 1 is 1.36 bits per heavy atom. The molecule has 1 spiro atoms. The van der Waals surface area contributed by atoms with E-state index in [1.165, 1.54) is 6.26 Å². The maximum atomic E-state index is 13.2. The van der Waals surface area contributed by atoms with Crippen molar-refractivity contribution < 1.29 is 23.7 Å². The Morgan fingerprint density at radius 3 is 2.82 bits per heavy atom. The molecule has 2 heterocycles. The first-order chi connectivity index (χ1) is 13.5. The topological polar surface area (TPSA) is 112 Å². The standard InChI is InChI=1S/C20H20N2O6/c1-2-27-16(23)10-12-11-20(13-6-3-4-7-14(13)21-19(20)24)17(18(12)22(25)26)15-8-5-9-28-15/h3-9,12,17-18H,2,10-11H2,1H3,(H,21,24)/t12-,17+,18-,20-/m1/s1. The third-order valence-electron chi connectivity index (χ3n) is 5.83. The fourth-order valence-electron chi connectivity index (χ4n) is 4.87.